The van der Waals surface area contributed by atoms with Crippen molar-refractivity contribution in [2.75, 3.05) is 13.1 Å². The smallest absolute Gasteiger partial charge is 0.245 e. The lowest BCUT2D eigenvalue weighted by atomic mass is 9.78. The molecule has 0 radical (unpaired) electrons. The van der Waals surface area contributed by atoms with Crippen molar-refractivity contribution in [3.8, 4) is 0 Å². The summed E-state index contributed by atoms with van der Waals surface area (Å²) in [4.78, 5) is 24.8. The number of rotatable bonds is 10. The van der Waals surface area contributed by atoms with Gasteiger partial charge < -0.3 is 4.42 Å². The summed E-state index contributed by atoms with van der Waals surface area (Å²) < 4.78 is 31.7. The number of hydrogen-bond donors (Lipinski definition) is 0. The van der Waals surface area contributed by atoms with Crippen LogP contribution in [0.5, 0.6) is 0 Å². The van der Waals surface area contributed by atoms with Gasteiger partial charge in [0.05, 0.1) is 23.3 Å². The van der Waals surface area contributed by atoms with Gasteiger partial charge in [-0.1, -0.05) is 12.8 Å². The second kappa shape index (κ2) is 10.7. The number of carbonyl (C=O) groups excluding carboxylic acids is 1. The largest absolute Gasteiger partial charge is 0.446 e. The van der Waals surface area contributed by atoms with E-state index in [9.17, 15) is 13.6 Å². The van der Waals surface area contributed by atoms with Gasteiger partial charge in [-0.2, -0.15) is 0 Å². The Hall–Kier alpha value is -1.67. The molecule has 0 aromatic carbocycles. The van der Waals surface area contributed by atoms with Crippen LogP contribution in [0.2, 0.25) is 0 Å². The molecule has 5 nitrogen and oxygen atoms in total. The molecule has 0 amide bonds. The summed E-state index contributed by atoms with van der Waals surface area (Å²) in [5.74, 6) is 0.141. The monoisotopic (exact) mass is 479 g/mol. The number of hydrogen-bond acceptors (Lipinski definition) is 6. The van der Waals surface area contributed by atoms with Crippen LogP contribution in [0.25, 0.3) is 0 Å². The third kappa shape index (κ3) is 7.41. The van der Waals surface area contributed by atoms with Gasteiger partial charge in [0.15, 0.2) is 5.89 Å². The van der Waals surface area contributed by atoms with E-state index in [1.54, 1.807) is 24.5 Å². The van der Waals surface area contributed by atoms with Gasteiger partial charge in [0, 0.05) is 44.2 Å². The van der Waals surface area contributed by atoms with Crippen LogP contribution in [-0.2, 0) is 30.6 Å². The number of nitrogens with zero attached hydrogens (tertiary/aromatic N) is 3. The first kappa shape index (κ1) is 24.5. The van der Waals surface area contributed by atoms with Crippen LogP contribution in [0.15, 0.2) is 10.6 Å². The summed E-state index contributed by atoms with van der Waals surface area (Å²) >= 11 is 1.62. The highest BCUT2D eigenvalue weighted by molar-refractivity contribution is 7.11. The number of alkyl halides is 2. The van der Waals surface area contributed by atoms with Crippen molar-refractivity contribution >= 4 is 17.1 Å². The Balaban J connectivity index is 1.15. The van der Waals surface area contributed by atoms with E-state index in [2.05, 4.69) is 14.9 Å². The van der Waals surface area contributed by atoms with Crippen molar-refractivity contribution in [2.24, 2.45) is 11.8 Å². The van der Waals surface area contributed by atoms with Crippen molar-refractivity contribution in [2.45, 2.75) is 90.5 Å². The van der Waals surface area contributed by atoms with E-state index in [4.69, 9.17) is 4.42 Å². The average Bonchev–Trinajstić information content (AvgIpc) is 3.36. The first-order chi connectivity index (χ1) is 15.7. The van der Waals surface area contributed by atoms with Crippen LogP contribution in [0.1, 0.15) is 79.1 Å². The van der Waals surface area contributed by atoms with Gasteiger partial charge in [-0.15, -0.1) is 11.3 Å². The van der Waals surface area contributed by atoms with Crippen LogP contribution in [0, 0.1) is 18.8 Å². The van der Waals surface area contributed by atoms with Gasteiger partial charge in [-0.25, -0.2) is 18.7 Å². The Morgan fingerprint density at radius 1 is 1.27 bits per heavy atom. The number of fused-ring (bicyclic) bond motifs is 1. The number of halogens is 2. The van der Waals surface area contributed by atoms with Crippen LogP contribution in [0.4, 0.5) is 8.78 Å². The van der Waals surface area contributed by atoms with Gasteiger partial charge in [-0.3, -0.25) is 9.69 Å². The second-order valence-corrected chi connectivity index (χ2v) is 11.2. The highest BCUT2D eigenvalue weighted by Crippen LogP contribution is 2.34. The van der Waals surface area contributed by atoms with Gasteiger partial charge >= 0.3 is 0 Å². The van der Waals surface area contributed by atoms with E-state index >= 15 is 0 Å². The lowest BCUT2D eigenvalue weighted by Gasteiger charge is -2.31. The molecule has 0 bridgehead atoms. The van der Waals surface area contributed by atoms with Crippen molar-refractivity contribution in [3.05, 3.63) is 33.4 Å². The molecule has 8 heteroatoms. The van der Waals surface area contributed by atoms with E-state index in [1.807, 2.05) is 0 Å². The van der Waals surface area contributed by atoms with Crippen LogP contribution < -0.4 is 0 Å². The highest BCUT2D eigenvalue weighted by atomic mass is 32.1. The molecule has 182 valence electrons. The van der Waals surface area contributed by atoms with E-state index in [1.165, 1.54) is 24.1 Å². The average molecular weight is 480 g/mol. The predicted octanol–water partition coefficient (Wildman–Crippen LogP) is 5.78. The number of carbonyl (C=O) groups is 1. The molecule has 1 aliphatic heterocycles. The topological polar surface area (TPSA) is 59.2 Å². The molecule has 33 heavy (non-hydrogen) atoms. The Labute approximate surface area is 199 Å². The van der Waals surface area contributed by atoms with Gasteiger partial charge in [0.1, 0.15) is 11.5 Å². The maximum absolute atomic E-state index is 13.2. The minimum Gasteiger partial charge on any atom is -0.446 e. The zero-order valence-corrected chi connectivity index (χ0v) is 20.6. The Bertz CT molecular complexity index is 928. The number of thiazole rings is 1. The molecule has 4 rings (SSSR count). The third-order valence-electron chi connectivity index (χ3n) is 7.01. The summed E-state index contributed by atoms with van der Waals surface area (Å²) in [6.45, 7) is 5.72. The van der Waals surface area contributed by atoms with Crippen molar-refractivity contribution in [3.63, 3.8) is 0 Å². The molecule has 0 spiro atoms. The normalized spacial score (nSPS) is 21.8. The molecule has 1 aliphatic carbocycles. The maximum Gasteiger partial charge on any atom is 0.245 e. The number of oxazole rings is 1. The zero-order chi connectivity index (χ0) is 23.4. The summed E-state index contributed by atoms with van der Waals surface area (Å²) in [5, 5.41) is 0.856. The summed E-state index contributed by atoms with van der Waals surface area (Å²) in [5.41, 5.74) is 1.10. The first-order valence-electron chi connectivity index (χ1n) is 12.2. The van der Waals surface area contributed by atoms with Crippen LogP contribution in [-0.4, -0.2) is 39.7 Å². The highest BCUT2D eigenvalue weighted by Gasteiger charge is 2.26. The van der Waals surface area contributed by atoms with Crippen molar-refractivity contribution < 1.29 is 18.0 Å². The van der Waals surface area contributed by atoms with Gasteiger partial charge in [0.2, 0.25) is 5.92 Å². The molecule has 1 saturated carbocycles. The van der Waals surface area contributed by atoms with E-state index in [0.717, 1.165) is 62.4 Å². The SMILES string of the molecule is Cc1ncc(CC(=O)CC2CCC(CCN3CCc4sc(CCC(C)(F)F)nc4C3)CC2)o1. The fourth-order valence-electron chi connectivity index (χ4n) is 5.10. The van der Waals surface area contributed by atoms with E-state index < -0.39 is 5.92 Å². The molecule has 0 atom stereocenters. The lowest BCUT2D eigenvalue weighted by Crippen LogP contribution is -2.32. The Morgan fingerprint density at radius 3 is 2.73 bits per heavy atom. The lowest BCUT2D eigenvalue weighted by molar-refractivity contribution is -0.119. The number of Topliss-reactive ketones (excluding diaryl/α,β-unsaturated/α-hetero) is 1. The second-order valence-electron chi connectivity index (χ2n) is 10.0. The van der Waals surface area contributed by atoms with Crippen LogP contribution in [0.3, 0.4) is 0 Å². The summed E-state index contributed by atoms with van der Waals surface area (Å²) in [6.07, 6.45) is 9.73. The van der Waals surface area contributed by atoms with Gasteiger partial charge in [-0.05, 0) is 51.0 Å². The minimum atomic E-state index is -2.62. The van der Waals surface area contributed by atoms with E-state index in [0.29, 0.717) is 36.8 Å². The van der Waals surface area contributed by atoms with Crippen molar-refractivity contribution in [1.82, 2.24) is 14.9 Å². The quantitative estimate of drug-likeness (QED) is 0.432. The Kier molecular flexibility index (Phi) is 7.95. The zero-order valence-electron chi connectivity index (χ0n) is 19.7. The summed E-state index contributed by atoms with van der Waals surface area (Å²) in [6, 6.07) is 0. The number of aromatic nitrogens is 2. The minimum absolute atomic E-state index is 0.128. The molecule has 0 N–H and O–H groups in total. The molecule has 2 aliphatic rings. The number of aryl methyl sites for hydroxylation is 2. The van der Waals surface area contributed by atoms with Gasteiger partial charge in [0.25, 0.3) is 0 Å². The molecule has 1 fully saturated rings. The standard InChI is InChI=1S/C25H35F2N3O2S/c1-17-28-15-21(32-17)14-20(31)13-19-5-3-18(4-6-19)8-11-30-12-9-23-22(16-30)29-24(33-23)7-10-25(2,26)27/h15,18-19H,3-14,16H2,1-2H3. The first-order valence-corrected chi connectivity index (χ1v) is 13.1. The third-order valence-corrected chi connectivity index (χ3v) is 8.22. The molecule has 2 aromatic rings. The maximum atomic E-state index is 13.2. The molecular weight excluding hydrogens is 444 g/mol. The van der Waals surface area contributed by atoms with Crippen LogP contribution >= 0.6 is 11.3 Å². The summed E-state index contributed by atoms with van der Waals surface area (Å²) in [7, 11) is 0. The fraction of sp³-hybridized carbons (Fsp3) is 0.720. The van der Waals surface area contributed by atoms with E-state index in [-0.39, 0.29) is 12.2 Å². The Morgan fingerprint density at radius 2 is 2.03 bits per heavy atom. The van der Waals surface area contributed by atoms with Crippen molar-refractivity contribution in [1.29, 1.82) is 0 Å². The molecule has 2 aromatic heterocycles. The fourth-order valence-corrected chi connectivity index (χ4v) is 6.16. The number of ketones is 1. The molecule has 0 unspecified atom stereocenters. The molecular formula is C25H35F2N3O2S. The molecule has 3 heterocycles. The predicted molar refractivity (Wildman–Crippen MR) is 125 cm³/mol. The molecule has 0 saturated heterocycles.